The molecule has 2 amide bonds. The summed E-state index contributed by atoms with van der Waals surface area (Å²) in [6, 6.07) is 13.2. The minimum Gasteiger partial charge on any atom is -0.271 e. The quantitative estimate of drug-likeness (QED) is 0.814. The van der Waals surface area contributed by atoms with Crippen LogP contribution in [0.5, 0.6) is 0 Å². The Balaban J connectivity index is 1.61. The first-order valence-electron chi connectivity index (χ1n) is 7.50. The molecule has 0 N–H and O–H groups in total. The Morgan fingerprint density at radius 2 is 1.67 bits per heavy atom. The highest BCUT2D eigenvalue weighted by Crippen LogP contribution is 2.32. The van der Waals surface area contributed by atoms with E-state index in [4.69, 9.17) is 0 Å². The predicted octanol–water partition coefficient (Wildman–Crippen LogP) is 2.32. The number of imide groups is 1. The highest BCUT2D eigenvalue weighted by atomic mass is 19.1. The van der Waals surface area contributed by atoms with E-state index >= 15 is 0 Å². The van der Waals surface area contributed by atoms with E-state index in [0.29, 0.717) is 12.2 Å². The van der Waals surface area contributed by atoms with Crippen molar-refractivity contribution in [3.8, 4) is 0 Å². The molecule has 2 aromatic carbocycles. The summed E-state index contributed by atoms with van der Waals surface area (Å²) in [5.74, 6) is -1.25. The number of rotatable bonds is 3. The Morgan fingerprint density at radius 3 is 2.38 bits per heavy atom. The Labute approximate surface area is 137 Å². The number of fused-ring (bicyclic) bond motifs is 1. The molecule has 2 aliphatic rings. The second-order valence-electron chi connectivity index (χ2n) is 5.67. The van der Waals surface area contributed by atoms with Crippen molar-refractivity contribution in [2.24, 2.45) is 10.3 Å². The summed E-state index contributed by atoms with van der Waals surface area (Å²) in [6.07, 6.45) is 0. The molecule has 2 heterocycles. The third-order valence-corrected chi connectivity index (χ3v) is 4.13. The average molecular weight is 324 g/mol. The summed E-state index contributed by atoms with van der Waals surface area (Å²) in [5.41, 5.74) is 1.31. The van der Waals surface area contributed by atoms with Crippen molar-refractivity contribution in [1.29, 1.82) is 0 Å². The van der Waals surface area contributed by atoms with Crippen LogP contribution in [0.4, 0.5) is 10.1 Å². The first kappa shape index (κ1) is 14.5. The van der Waals surface area contributed by atoms with Gasteiger partial charge in [0, 0.05) is 0 Å². The number of hydrogen-bond acceptors (Lipinski definition) is 5. The molecule has 1 fully saturated rings. The van der Waals surface area contributed by atoms with Gasteiger partial charge in [0.15, 0.2) is 12.1 Å². The van der Waals surface area contributed by atoms with E-state index in [1.54, 1.807) is 0 Å². The number of hydrogen-bond donors (Lipinski definition) is 0. The molecule has 0 bridgehead atoms. The Hall–Kier alpha value is -3.09. The first-order valence-corrected chi connectivity index (χ1v) is 7.50. The Bertz CT molecular complexity index is 822. The number of anilines is 1. The van der Waals surface area contributed by atoms with E-state index in [2.05, 4.69) is 10.3 Å². The van der Waals surface area contributed by atoms with Gasteiger partial charge in [0.2, 0.25) is 0 Å². The molecule has 7 heteroatoms. The van der Waals surface area contributed by atoms with Crippen molar-refractivity contribution in [1.82, 2.24) is 5.01 Å². The zero-order valence-electron chi connectivity index (χ0n) is 12.5. The minimum atomic E-state index is -0.841. The molecule has 6 nitrogen and oxygen atoms in total. The summed E-state index contributed by atoms with van der Waals surface area (Å²) in [4.78, 5) is 26.3. The molecule has 2 atom stereocenters. The van der Waals surface area contributed by atoms with Crippen molar-refractivity contribution in [2.45, 2.75) is 18.6 Å². The lowest BCUT2D eigenvalue weighted by Crippen LogP contribution is -2.39. The first-order chi connectivity index (χ1) is 11.6. The molecule has 120 valence electrons. The third kappa shape index (κ3) is 2.25. The van der Waals surface area contributed by atoms with E-state index in [9.17, 15) is 14.0 Å². The van der Waals surface area contributed by atoms with E-state index in [-0.39, 0.29) is 0 Å². The number of benzene rings is 2. The topological polar surface area (TPSA) is 65.3 Å². The predicted molar refractivity (Wildman–Crippen MR) is 83.3 cm³/mol. The molecule has 2 aromatic rings. The smallest absolute Gasteiger partial charge is 0.263 e. The van der Waals surface area contributed by atoms with Gasteiger partial charge < -0.3 is 0 Å². The fraction of sp³-hybridized carbons (Fsp3) is 0.176. The highest BCUT2D eigenvalue weighted by Gasteiger charge is 2.54. The van der Waals surface area contributed by atoms with Gasteiger partial charge in [-0.1, -0.05) is 35.6 Å². The van der Waals surface area contributed by atoms with E-state index < -0.39 is 29.7 Å². The average Bonchev–Trinajstić information content (AvgIpc) is 3.11. The molecule has 2 aliphatic heterocycles. The van der Waals surface area contributed by atoms with Crippen LogP contribution in [0.25, 0.3) is 0 Å². The van der Waals surface area contributed by atoms with Crippen LogP contribution in [-0.2, 0) is 16.1 Å². The molecule has 0 aromatic heterocycles. The van der Waals surface area contributed by atoms with E-state index in [1.807, 2.05) is 30.3 Å². The summed E-state index contributed by atoms with van der Waals surface area (Å²) < 4.78 is 13.1. The maximum absolute atomic E-state index is 13.1. The second-order valence-corrected chi connectivity index (χ2v) is 5.67. The molecule has 0 spiro atoms. The lowest BCUT2D eigenvalue weighted by atomic mass is 10.1. The van der Waals surface area contributed by atoms with Gasteiger partial charge in [-0.15, -0.1) is 0 Å². The maximum atomic E-state index is 13.1. The molecule has 0 unspecified atom stereocenters. The molecule has 24 heavy (non-hydrogen) atoms. The largest absolute Gasteiger partial charge is 0.271 e. The molecular formula is C17H13FN4O2. The number of carbonyl (C=O) groups is 2. The van der Waals surface area contributed by atoms with Crippen LogP contribution < -0.4 is 4.90 Å². The van der Waals surface area contributed by atoms with Crippen LogP contribution in [0.3, 0.4) is 0 Å². The van der Waals surface area contributed by atoms with Gasteiger partial charge in [-0.25, -0.2) is 9.29 Å². The van der Waals surface area contributed by atoms with Gasteiger partial charge in [0.25, 0.3) is 11.8 Å². The number of carbonyl (C=O) groups excluding carboxylic acids is 2. The molecule has 0 saturated carbocycles. The number of nitrogens with zero attached hydrogens (tertiary/aromatic N) is 4. The van der Waals surface area contributed by atoms with Crippen LogP contribution in [0.15, 0.2) is 64.9 Å². The van der Waals surface area contributed by atoms with Crippen molar-refractivity contribution >= 4 is 17.5 Å². The summed E-state index contributed by atoms with van der Waals surface area (Å²) >= 11 is 0. The standard InChI is InChI=1S/C17H13FN4O2/c18-12-6-8-13(9-7-12)22-16(23)14-15(17(22)24)21(20-19-14)10-11-4-2-1-3-5-11/h1-9,14-15H,10H2/t14-,15-/m0/s1. The lowest BCUT2D eigenvalue weighted by Gasteiger charge is -2.20. The van der Waals surface area contributed by atoms with Gasteiger partial charge in [-0.2, -0.15) is 5.11 Å². The van der Waals surface area contributed by atoms with Crippen molar-refractivity contribution < 1.29 is 14.0 Å². The molecular weight excluding hydrogens is 311 g/mol. The number of halogens is 1. The normalized spacial score (nSPS) is 22.4. The SMILES string of the molecule is O=C1[C@H]2N=NN(Cc3ccccc3)[C@@H]2C(=O)N1c1ccc(F)cc1. The van der Waals surface area contributed by atoms with Gasteiger partial charge in [-0.3, -0.25) is 14.6 Å². The van der Waals surface area contributed by atoms with Crippen molar-refractivity contribution in [3.63, 3.8) is 0 Å². The van der Waals surface area contributed by atoms with E-state index in [1.165, 1.54) is 29.3 Å². The van der Waals surface area contributed by atoms with Gasteiger partial charge in [0.1, 0.15) is 5.82 Å². The summed E-state index contributed by atoms with van der Waals surface area (Å²) in [5, 5.41) is 9.48. The Morgan fingerprint density at radius 1 is 0.958 bits per heavy atom. The number of amides is 2. The van der Waals surface area contributed by atoms with Gasteiger partial charge in [0.05, 0.1) is 12.2 Å². The minimum absolute atomic E-state index is 0.343. The highest BCUT2D eigenvalue weighted by molar-refractivity contribution is 6.25. The van der Waals surface area contributed by atoms with Gasteiger partial charge >= 0.3 is 0 Å². The van der Waals surface area contributed by atoms with Gasteiger partial charge in [-0.05, 0) is 29.8 Å². The van der Waals surface area contributed by atoms with Crippen LogP contribution in [0, 0.1) is 5.82 Å². The van der Waals surface area contributed by atoms with Crippen LogP contribution >= 0.6 is 0 Å². The second kappa shape index (κ2) is 5.52. The Kier molecular flexibility index (Phi) is 3.34. The molecule has 4 rings (SSSR count). The molecule has 0 radical (unpaired) electrons. The monoisotopic (exact) mass is 324 g/mol. The molecule has 1 saturated heterocycles. The third-order valence-electron chi connectivity index (χ3n) is 4.13. The zero-order chi connectivity index (χ0) is 16.7. The zero-order valence-corrected chi connectivity index (χ0v) is 12.5. The van der Waals surface area contributed by atoms with Crippen molar-refractivity contribution in [2.75, 3.05) is 4.90 Å². The molecule has 0 aliphatic carbocycles. The van der Waals surface area contributed by atoms with Crippen LogP contribution in [0.1, 0.15) is 5.56 Å². The van der Waals surface area contributed by atoms with E-state index in [0.717, 1.165) is 10.5 Å². The fourth-order valence-electron chi connectivity index (χ4n) is 2.97. The summed E-state index contributed by atoms with van der Waals surface area (Å²) in [6.45, 7) is 0.391. The fourth-order valence-corrected chi connectivity index (χ4v) is 2.97. The lowest BCUT2D eigenvalue weighted by molar-refractivity contribution is -0.123. The summed E-state index contributed by atoms with van der Waals surface area (Å²) in [7, 11) is 0. The van der Waals surface area contributed by atoms with Crippen molar-refractivity contribution in [3.05, 3.63) is 66.0 Å². The maximum Gasteiger partial charge on any atom is 0.263 e. The van der Waals surface area contributed by atoms with Crippen LogP contribution in [0.2, 0.25) is 0 Å². The van der Waals surface area contributed by atoms with Crippen LogP contribution in [-0.4, -0.2) is 28.9 Å².